The van der Waals surface area contributed by atoms with Crippen LogP contribution in [0.3, 0.4) is 0 Å². The standard InChI is InChI=1S/C19H18N4O3S/c1-11-2-7-15-14(8-11)9-16(27-15)18(25)22-21-17(24)12-3-5-13(6-4-12)19-23-20-10-26-19/h3-6,9-11H,2,7-8H2,1H3,(H,21,24)(H,22,25)/t11-/m0/s1. The van der Waals surface area contributed by atoms with E-state index in [1.165, 1.54) is 28.2 Å². The maximum atomic E-state index is 12.3. The molecule has 0 fully saturated rings. The molecule has 138 valence electrons. The third-order valence-electron chi connectivity index (χ3n) is 4.60. The van der Waals surface area contributed by atoms with Gasteiger partial charge in [0.2, 0.25) is 12.3 Å². The molecule has 2 heterocycles. The van der Waals surface area contributed by atoms with Crippen molar-refractivity contribution in [2.24, 2.45) is 5.92 Å². The molecule has 1 aliphatic carbocycles. The van der Waals surface area contributed by atoms with E-state index in [2.05, 4.69) is 28.0 Å². The number of aryl methyl sites for hydroxylation is 1. The monoisotopic (exact) mass is 382 g/mol. The van der Waals surface area contributed by atoms with Crippen molar-refractivity contribution in [3.05, 3.63) is 57.6 Å². The number of hydrazine groups is 1. The molecule has 0 unspecified atom stereocenters. The van der Waals surface area contributed by atoms with Crippen molar-refractivity contribution < 1.29 is 14.0 Å². The highest BCUT2D eigenvalue weighted by molar-refractivity contribution is 7.14. The summed E-state index contributed by atoms with van der Waals surface area (Å²) in [6, 6.07) is 8.62. The van der Waals surface area contributed by atoms with Crippen LogP contribution in [0.1, 0.15) is 43.8 Å². The van der Waals surface area contributed by atoms with Crippen LogP contribution in [0.5, 0.6) is 0 Å². The van der Waals surface area contributed by atoms with Crippen molar-refractivity contribution in [2.75, 3.05) is 0 Å². The molecule has 2 aromatic heterocycles. The second-order valence-electron chi connectivity index (χ2n) is 6.64. The van der Waals surface area contributed by atoms with E-state index in [1.54, 1.807) is 24.3 Å². The number of amides is 2. The number of benzene rings is 1. The van der Waals surface area contributed by atoms with Gasteiger partial charge in [0.15, 0.2) is 0 Å². The van der Waals surface area contributed by atoms with Crippen molar-refractivity contribution in [3.8, 4) is 11.5 Å². The van der Waals surface area contributed by atoms with Crippen molar-refractivity contribution in [1.29, 1.82) is 0 Å². The number of nitrogens with one attached hydrogen (secondary N) is 2. The fourth-order valence-corrected chi connectivity index (χ4v) is 4.23. The van der Waals surface area contributed by atoms with Gasteiger partial charge in [0.05, 0.1) is 4.88 Å². The summed E-state index contributed by atoms with van der Waals surface area (Å²) in [6.45, 7) is 2.23. The summed E-state index contributed by atoms with van der Waals surface area (Å²) in [4.78, 5) is 26.5. The fraction of sp³-hybridized carbons (Fsp3) is 0.263. The van der Waals surface area contributed by atoms with Crippen molar-refractivity contribution in [2.45, 2.75) is 26.2 Å². The van der Waals surface area contributed by atoms with Gasteiger partial charge >= 0.3 is 0 Å². The quantitative estimate of drug-likeness (QED) is 0.679. The van der Waals surface area contributed by atoms with Crippen molar-refractivity contribution in [1.82, 2.24) is 21.0 Å². The molecule has 0 saturated heterocycles. The number of hydrogen-bond donors (Lipinski definition) is 2. The second-order valence-corrected chi connectivity index (χ2v) is 7.77. The Labute approximate surface area is 159 Å². The Balaban J connectivity index is 1.37. The Morgan fingerprint density at radius 2 is 1.96 bits per heavy atom. The van der Waals surface area contributed by atoms with Gasteiger partial charge in [-0.2, -0.15) is 0 Å². The highest BCUT2D eigenvalue weighted by Crippen LogP contribution is 2.32. The summed E-state index contributed by atoms with van der Waals surface area (Å²) in [7, 11) is 0. The lowest BCUT2D eigenvalue weighted by atomic mass is 9.90. The van der Waals surface area contributed by atoms with Gasteiger partial charge in [-0.3, -0.25) is 20.4 Å². The summed E-state index contributed by atoms with van der Waals surface area (Å²) < 4.78 is 5.11. The van der Waals surface area contributed by atoms with Gasteiger partial charge in [0.25, 0.3) is 11.8 Å². The zero-order valence-corrected chi connectivity index (χ0v) is 15.5. The number of carbonyl (C=O) groups is 2. The van der Waals surface area contributed by atoms with E-state index >= 15 is 0 Å². The first-order valence-electron chi connectivity index (χ1n) is 8.69. The molecule has 27 heavy (non-hydrogen) atoms. The predicted octanol–water partition coefficient (Wildman–Crippen LogP) is 3.00. The SMILES string of the molecule is C[C@H]1CCc2sc(C(=O)NNC(=O)c3ccc(-c4nnco4)cc3)cc2C1. The Morgan fingerprint density at radius 3 is 2.70 bits per heavy atom. The first-order chi connectivity index (χ1) is 13.1. The highest BCUT2D eigenvalue weighted by Gasteiger charge is 2.21. The molecule has 7 nitrogen and oxygen atoms in total. The summed E-state index contributed by atoms with van der Waals surface area (Å²) in [5, 5.41) is 7.43. The molecule has 3 aromatic rings. The average Bonchev–Trinajstić information content (AvgIpc) is 3.35. The Morgan fingerprint density at radius 1 is 1.19 bits per heavy atom. The largest absolute Gasteiger partial charge is 0.423 e. The number of nitrogens with zero attached hydrogens (tertiary/aromatic N) is 2. The first-order valence-corrected chi connectivity index (χ1v) is 9.50. The lowest BCUT2D eigenvalue weighted by Crippen LogP contribution is -2.41. The summed E-state index contributed by atoms with van der Waals surface area (Å²) in [6.07, 6.45) is 4.44. The first kappa shape index (κ1) is 17.4. The van der Waals surface area contributed by atoms with E-state index in [-0.39, 0.29) is 5.91 Å². The normalized spacial score (nSPS) is 15.8. The van der Waals surface area contributed by atoms with Gasteiger partial charge in [-0.1, -0.05) is 6.92 Å². The van der Waals surface area contributed by atoms with E-state index in [0.717, 1.165) is 19.3 Å². The van der Waals surface area contributed by atoms with Crippen LogP contribution >= 0.6 is 11.3 Å². The molecule has 0 aliphatic heterocycles. The van der Waals surface area contributed by atoms with E-state index in [9.17, 15) is 9.59 Å². The van der Waals surface area contributed by atoms with E-state index in [0.29, 0.717) is 27.8 Å². The molecule has 8 heteroatoms. The summed E-state index contributed by atoms with van der Waals surface area (Å²) in [5.41, 5.74) is 7.33. The van der Waals surface area contributed by atoms with Gasteiger partial charge in [-0.15, -0.1) is 21.5 Å². The number of fused-ring (bicyclic) bond motifs is 1. The second kappa shape index (κ2) is 7.32. The minimum Gasteiger partial charge on any atom is -0.423 e. The molecule has 0 saturated carbocycles. The van der Waals surface area contributed by atoms with Crippen LogP contribution in [0, 0.1) is 5.92 Å². The molecule has 4 rings (SSSR count). The van der Waals surface area contributed by atoms with Crippen LogP contribution in [-0.4, -0.2) is 22.0 Å². The molecular weight excluding hydrogens is 364 g/mol. The van der Waals surface area contributed by atoms with Crippen LogP contribution in [0.2, 0.25) is 0 Å². The van der Waals surface area contributed by atoms with Crippen molar-refractivity contribution in [3.63, 3.8) is 0 Å². The lowest BCUT2D eigenvalue weighted by Gasteiger charge is -2.16. The van der Waals surface area contributed by atoms with Crippen LogP contribution in [0.15, 0.2) is 41.1 Å². The van der Waals surface area contributed by atoms with Gasteiger partial charge in [-0.25, -0.2) is 0 Å². The summed E-state index contributed by atoms with van der Waals surface area (Å²) in [5.74, 6) is 0.345. The molecule has 1 aromatic carbocycles. The van der Waals surface area contributed by atoms with Crippen LogP contribution in [-0.2, 0) is 12.8 Å². The van der Waals surface area contributed by atoms with E-state index < -0.39 is 5.91 Å². The minimum atomic E-state index is -0.393. The molecule has 0 radical (unpaired) electrons. The Kier molecular flexibility index (Phi) is 4.72. The molecular formula is C19H18N4O3S. The maximum absolute atomic E-state index is 12.3. The third kappa shape index (κ3) is 3.75. The summed E-state index contributed by atoms with van der Waals surface area (Å²) >= 11 is 1.51. The molecule has 1 aliphatic rings. The molecule has 0 spiro atoms. The fourth-order valence-electron chi connectivity index (χ4n) is 3.13. The van der Waals surface area contributed by atoms with Crippen LogP contribution in [0.25, 0.3) is 11.5 Å². The average molecular weight is 382 g/mol. The van der Waals surface area contributed by atoms with Crippen LogP contribution in [0.4, 0.5) is 0 Å². The molecule has 2 amide bonds. The molecule has 0 bridgehead atoms. The maximum Gasteiger partial charge on any atom is 0.279 e. The number of rotatable bonds is 3. The van der Waals surface area contributed by atoms with Gasteiger partial charge < -0.3 is 4.42 Å². The lowest BCUT2D eigenvalue weighted by molar-refractivity contribution is 0.0849. The molecule has 2 N–H and O–H groups in total. The Hall–Kier alpha value is -3.00. The van der Waals surface area contributed by atoms with Gasteiger partial charge in [0, 0.05) is 16.0 Å². The van der Waals surface area contributed by atoms with Gasteiger partial charge in [-0.05, 0) is 61.1 Å². The van der Waals surface area contributed by atoms with Gasteiger partial charge in [0.1, 0.15) is 0 Å². The van der Waals surface area contributed by atoms with Crippen LogP contribution < -0.4 is 10.9 Å². The smallest absolute Gasteiger partial charge is 0.279 e. The number of thiophene rings is 1. The third-order valence-corrected chi connectivity index (χ3v) is 5.83. The number of carbonyl (C=O) groups excluding carboxylic acids is 2. The van der Waals surface area contributed by atoms with E-state index in [1.807, 2.05) is 6.07 Å². The highest BCUT2D eigenvalue weighted by atomic mass is 32.1. The predicted molar refractivity (Wildman–Crippen MR) is 100 cm³/mol. The zero-order valence-electron chi connectivity index (χ0n) is 14.7. The Bertz CT molecular complexity index is 964. The zero-order chi connectivity index (χ0) is 18.8. The number of hydrogen-bond acceptors (Lipinski definition) is 6. The van der Waals surface area contributed by atoms with Crippen molar-refractivity contribution >= 4 is 23.2 Å². The van der Waals surface area contributed by atoms with E-state index in [4.69, 9.17) is 4.42 Å². The molecule has 1 atom stereocenters. The minimum absolute atomic E-state index is 0.294. The topological polar surface area (TPSA) is 97.1 Å². The number of aromatic nitrogens is 2.